The molecule has 0 unspecified atom stereocenters. The van der Waals surface area contributed by atoms with E-state index in [0.29, 0.717) is 23.1 Å². The number of imidazole rings is 1. The molecule has 1 saturated heterocycles. The number of hydrogen-bond donors (Lipinski definition) is 0. The van der Waals surface area contributed by atoms with Crippen molar-refractivity contribution in [1.82, 2.24) is 14.5 Å². The maximum absolute atomic E-state index is 12.9. The molecule has 6 heteroatoms. The lowest BCUT2D eigenvalue weighted by molar-refractivity contribution is 0.0677. The second-order valence-corrected chi connectivity index (χ2v) is 6.22. The van der Waals surface area contributed by atoms with Gasteiger partial charge in [-0.25, -0.2) is 4.98 Å². The molecule has 1 amide bonds. The summed E-state index contributed by atoms with van der Waals surface area (Å²) in [6, 6.07) is 5.70. The zero-order valence-corrected chi connectivity index (χ0v) is 13.8. The van der Waals surface area contributed by atoms with Crippen LogP contribution in [-0.4, -0.2) is 40.2 Å². The number of aromatic nitrogens is 2. The number of likely N-dealkylation sites (tertiary alicyclic amines) is 1. The number of piperidine rings is 1. The molecular formula is C18H21N3O3. The number of fused-ring (bicyclic) bond motifs is 1. The van der Waals surface area contributed by atoms with Crippen molar-refractivity contribution in [3.05, 3.63) is 42.0 Å². The van der Waals surface area contributed by atoms with Crippen LogP contribution in [0.25, 0.3) is 0 Å². The van der Waals surface area contributed by atoms with Crippen molar-refractivity contribution in [2.24, 2.45) is 0 Å². The Bertz CT molecular complexity index is 756. The van der Waals surface area contributed by atoms with Gasteiger partial charge in [0.05, 0.1) is 6.04 Å². The Hall–Kier alpha value is -2.50. The van der Waals surface area contributed by atoms with Crippen LogP contribution in [0.4, 0.5) is 0 Å². The Balaban J connectivity index is 1.52. The van der Waals surface area contributed by atoms with Gasteiger partial charge in [0.2, 0.25) is 6.79 Å². The Morgan fingerprint density at radius 2 is 2.21 bits per heavy atom. The number of hydrogen-bond acceptors (Lipinski definition) is 4. The maximum Gasteiger partial charge on any atom is 0.254 e. The lowest BCUT2D eigenvalue weighted by Gasteiger charge is -2.34. The SMILES string of the molecule is CCc1nccn1[C@@H]1CCCN(C(=O)c2ccc3c(c2)OCO3)C1. The smallest absolute Gasteiger partial charge is 0.254 e. The minimum atomic E-state index is 0.0520. The highest BCUT2D eigenvalue weighted by Crippen LogP contribution is 2.33. The van der Waals surface area contributed by atoms with Gasteiger partial charge in [0.25, 0.3) is 5.91 Å². The largest absolute Gasteiger partial charge is 0.454 e. The molecule has 1 atom stereocenters. The molecule has 0 saturated carbocycles. The predicted octanol–water partition coefficient (Wildman–Crippen LogP) is 2.65. The van der Waals surface area contributed by atoms with E-state index in [1.165, 1.54) is 0 Å². The van der Waals surface area contributed by atoms with E-state index >= 15 is 0 Å². The molecule has 1 fully saturated rings. The molecule has 24 heavy (non-hydrogen) atoms. The summed E-state index contributed by atoms with van der Waals surface area (Å²) >= 11 is 0. The maximum atomic E-state index is 12.9. The van der Waals surface area contributed by atoms with Gasteiger partial charge < -0.3 is 18.9 Å². The second-order valence-electron chi connectivity index (χ2n) is 6.22. The zero-order chi connectivity index (χ0) is 16.5. The molecule has 0 aliphatic carbocycles. The van der Waals surface area contributed by atoms with E-state index in [4.69, 9.17) is 9.47 Å². The van der Waals surface area contributed by atoms with Gasteiger partial charge in [-0.1, -0.05) is 6.92 Å². The number of carbonyl (C=O) groups is 1. The van der Waals surface area contributed by atoms with Crippen LogP contribution in [0, 0.1) is 0 Å². The average molecular weight is 327 g/mol. The van der Waals surface area contributed by atoms with E-state index in [9.17, 15) is 4.79 Å². The molecule has 1 aromatic heterocycles. The first-order valence-corrected chi connectivity index (χ1v) is 8.47. The highest BCUT2D eigenvalue weighted by atomic mass is 16.7. The number of aryl methyl sites for hydroxylation is 1. The Morgan fingerprint density at radius 3 is 3.08 bits per heavy atom. The van der Waals surface area contributed by atoms with Crippen LogP contribution in [0.15, 0.2) is 30.6 Å². The number of nitrogens with zero attached hydrogens (tertiary/aromatic N) is 3. The Labute approximate surface area is 141 Å². The van der Waals surface area contributed by atoms with Crippen LogP contribution in [-0.2, 0) is 6.42 Å². The number of ether oxygens (including phenoxy) is 2. The summed E-state index contributed by atoms with van der Waals surface area (Å²) in [4.78, 5) is 19.2. The summed E-state index contributed by atoms with van der Waals surface area (Å²) in [5.74, 6) is 2.49. The molecule has 0 spiro atoms. The minimum Gasteiger partial charge on any atom is -0.454 e. The van der Waals surface area contributed by atoms with Crippen molar-refractivity contribution in [2.75, 3.05) is 19.9 Å². The van der Waals surface area contributed by atoms with E-state index in [-0.39, 0.29) is 12.7 Å². The fourth-order valence-electron chi connectivity index (χ4n) is 3.53. The summed E-state index contributed by atoms with van der Waals surface area (Å²) < 4.78 is 12.9. The van der Waals surface area contributed by atoms with Crippen LogP contribution in [0.2, 0.25) is 0 Å². The Kier molecular flexibility index (Phi) is 3.88. The van der Waals surface area contributed by atoms with Gasteiger partial charge in [-0.05, 0) is 31.0 Å². The predicted molar refractivity (Wildman–Crippen MR) is 88.3 cm³/mol. The summed E-state index contributed by atoms with van der Waals surface area (Å²) in [6.45, 7) is 3.84. The minimum absolute atomic E-state index is 0.0520. The quantitative estimate of drug-likeness (QED) is 0.870. The van der Waals surface area contributed by atoms with E-state index in [1.54, 1.807) is 6.07 Å². The third-order valence-corrected chi connectivity index (χ3v) is 4.76. The average Bonchev–Trinajstić information content (AvgIpc) is 3.29. The third-order valence-electron chi connectivity index (χ3n) is 4.76. The van der Waals surface area contributed by atoms with E-state index in [2.05, 4.69) is 16.5 Å². The molecule has 3 heterocycles. The molecule has 6 nitrogen and oxygen atoms in total. The van der Waals surface area contributed by atoms with Crippen LogP contribution >= 0.6 is 0 Å². The molecule has 2 aliphatic heterocycles. The van der Waals surface area contributed by atoms with E-state index < -0.39 is 0 Å². The first-order valence-electron chi connectivity index (χ1n) is 8.47. The molecule has 0 bridgehead atoms. The van der Waals surface area contributed by atoms with Gasteiger partial charge in [0.1, 0.15) is 5.82 Å². The topological polar surface area (TPSA) is 56.6 Å². The molecule has 0 N–H and O–H groups in total. The lowest BCUT2D eigenvalue weighted by atomic mass is 10.0. The van der Waals surface area contributed by atoms with Crippen molar-refractivity contribution >= 4 is 5.91 Å². The number of carbonyl (C=O) groups excluding carboxylic acids is 1. The first-order chi connectivity index (χ1) is 11.8. The molecule has 2 aliphatic rings. The lowest BCUT2D eigenvalue weighted by Crippen LogP contribution is -2.40. The van der Waals surface area contributed by atoms with Gasteiger partial charge in [-0.15, -0.1) is 0 Å². The highest BCUT2D eigenvalue weighted by Gasteiger charge is 2.27. The monoisotopic (exact) mass is 327 g/mol. The number of benzene rings is 1. The first kappa shape index (κ1) is 15.1. The standard InChI is InChI=1S/C18H21N3O3/c1-2-17-19-7-9-21(17)14-4-3-8-20(11-14)18(22)13-5-6-15-16(10-13)24-12-23-15/h5-7,9-10,14H,2-4,8,11-12H2,1H3/t14-/m1/s1. The van der Waals surface area contributed by atoms with Crippen molar-refractivity contribution in [2.45, 2.75) is 32.2 Å². The van der Waals surface area contributed by atoms with Gasteiger partial charge in [0.15, 0.2) is 11.5 Å². The summed E-state index contributed by atoms with van der Waals surface area (Å²) in [5.41, 5.74) is 0.654. The molecule has 4 rings (SSSR count). The van der Waals surface area contributed by atoms with Crippen LogP contribution in [0.3, 0.4) is 0 Å². The van der Waals surface area contributed by atoms with Crippen molar-refractivity contribution in [3.63, 3.8) is 0 Å². The van der Waals surface area contributed by atoms with E-state index in [1.807, 2.05) is 29.4 Å². The van der Waals surface area contributed by atoms with Crippen LogP contribution < -0.4 is 9.47 Å². The van der Waals surface area contributed by atoms with Crippen molar-refractivity contribution < 1.29 is 14.3 Å². The Morgan fingerprint density at radius 1 is 1.33 bits per heavy atom. The van der Waals surface area contributed by atoms with Crippen molar-refractivity contribution in [1.29, 1.82) is 0 Å². The molecule has 126 valence electrons. The summed E-state index contributed by atoms with van der Waals surface area (Å²) in [7, 11) is 0. The second kappa shape index (κ2) is 6.19. The number of amides is 1. The van der Waals surface area contributed by atoms with Gasteiger partial charge in [0, 0.05) is 37.5 Å². The summed E-state index contributed by atoms with van der Waals surface area (Å²) in [6.07, 6.45) is 6.85. The van der Waals surface area contributed by atoms with Gasteiger partial charge in [-0.3, -0.25) is 4.79 Å². The normalized spacial score (nSPS) is 19.5. The van der Waals surface area contributed by atoms with Crippen molar-refractivity contribution in [3.8, 4) is 11.5 Å². The van der Waals surface area contributed by atoms with Gasteiger partial charge >= 0.3 is 0 Å². The summed E-state index contributed by atoms with van der Waals surface area (Å²) in [5, 5.41) is 0. The fraction of sp³-hybridized carbons (Fsp3) is 0.444. The van der Waals surface area contributed by atoms with Crippen LogP contribution in [0.5, 0.6) is 11.5 Å². The third kappa shape index (κ3) is 2.62. The molecule has 0 radical (unpaired) electrons. The molecule has 2 aromatic rings. The molecule has 1 aromatic carbocycles. The fourth-order valence-corrected chi connectivity index (χ4v) is 3.53. The van der Waals surface area contributed by atoms with Crippen LogP contribution in [0.1, 0.15) is 42.0 Å². The molecular weight excluding hydrogens is 306 g/mol. The zero-order valence-electron chi connectivity index (χ0n) is 13.8. The number of rotatable bonds is 3. The highest BCUT2D eigenvalue weighted by molar-refractivity contribution is 5.95. The van der Waals surface area contributed by atoms with E-state index in [0.717, 1.165) is 38.2 Å². The van der Waals surface area contributed by atoms with Gasteiger partial charge in [-0.2, -0.15) is 0 Å².